The third kappa shape index (κ3) is 4.07. The molecule has 0 aliphatic carbocycles. The maximum atomic E-state index is 7.76. The molecule has 0 spiro atoms. The van der Waals surface area contributed by atoms with Crippen LogP contribution in [0.5, 0.6) is 0 Å². The first-order valence-electron chi connectivity index (χ1n) is 6.87. The molecule has 0 aliphatic rings. The van der Waals surface area contributed by atoms with Gasteiger partial charge in [0.2, 0.25) is 0 Å². The van der Waals surface area contributed by atoms with Gasteiger partial charge in [-0.3, -0.25) is 0 Å². The Morgan fingerprint density at radius 3 is 2.35 bits per heavy atom. The van der Waals surface area contributed by atoms with Gasteiger partial charge in [0.1, 0.15) is 0 Å². The summed E-state index contributed by atoms with van der Waals surface area (Å²) in [6.45, 7) is 10.3. The van der Waals surface area contributed by atoms with E-state index in [1.165, 1.54) is 0 Å². The van der Waals surface area contributed by atoms with Crippen molar-refractivity contribution in [3.05, 3.63) is 23.8 Å². The maximum Gasteiger partial charge on any atom is 0.309 e. The lowest BCUT2D eigenvalue weighted by atomic mass is 9.83. The molecular formula is C15H26BN2OP. The van der Waals surface area contributed by atoms with Crippen molar-refractivity contribution < 1.29 is 4.65 Å². The van der Waals surface area contributed by atoms with Crippen molar-refractivity contribution in [2.45, 2.75) is 45.4 Å². The van der Waals surface area contributed by atoms with Gasteiger partial charge in [-0.05, 0) is 26.8 Å². The Kier molecular flexibility index (Phi) is 5.40. The van der Waals surface area contributed by atoms with Crippen molar-refractivity contribution in [2.24, 2.45) is 0 Å². The standard InChI is InChI=1S/C15H26BN2OP/c1-10(17)12-8-7-11(9-13(12)18-6)16-19-14(2,3)15(4,5)20/h7-9,16-18H,20H2,1-6H3. The molecule has 1 atom stereocenters. The predicted octanol–water partition coefficient (Wildman–Crippen LogP) is 2.54. The highest BCUT2D eigenvalue weighted by Crippen LogP contribution is 2.33. The van der Waals surface area contributed by atoms with Crippen molar-refractivity contribution in [1.29, 1.82) is 5.41 Å². The predicted molar refractivity (Wildman–Crippen MR) is 94.2 cm³/mol. The second-order valence-corrected chi connectivity index (χ2v) is 7.72. The molecule has 0 saturated heterocycles. The molecule has 20 heavy (non-hydrogen) atoms. The van der Waals surface area contributed by atoms with Crippen LogP contribution in [0.3, 0.4) is 0 Å². The van der Waals surface area contributed by atoms with Gasteiger partial charge in [0.05, 0.1) is 5.60 Å². The number of benzene rings is 1. The summed E-state index contributed by atoms with van der Waals surface area (Å²) in [7, 11) is 5.29. The summed E-state index contributed by atoms with van der Waals surface area (Å²) in [4.78, 5) is 0. The van der Waals surface area contributed by atoms with Crippen LogP contribution in [0, 0.1) is 5.41 Å². The van der Waals surface area contributed by atoms with Gasteiger partial charge < -0.3 is 15.4 Å². The maximum absolute atomic E-state index is 7.76. The van der Waals surface area contributed by atoms with Crippen molar-refractivity contribution in [3.63, 3.8) is 0 Å². The van der Waals surface area contributed by atoms with E-state index in [0.717, 1.165) is 16.7 Å². The third-order valence-corrected chi connectivity index (χ3v) is 4.60. The zero-order chi connectivity index (χ0) is 15.6. The summed E-state index contributed by atoms with van der Waals surface area (Å²) in [6, 6.07) is 6.06. The average Bonchev–Trinajstić information content (AvgIpc) is 2.34. The Morgan fingerprint density at radius 1 is 1.30 bits per heavy atom. The normalized spacial score (nSPS) is 12.2. The highest BCUT2D eigenvalue weighted by Gasteiger charge is 2.33. The van der Waals surface area contributed by atoms with Gasteiger partial charge in [-0.15, -0.1) is 9.24 Å². The summed E-state index contributed by atoms with van der Waals surface area (Å²) >= 11 is 0. The fraction of sp³-hybridized carbons (Fsp3) is 0.533. The molecule has 2 N–H and O–H groups in total. The first-order valence-corrected chi connectivity index (χ1v) is 7.45. The highest BCUT2D eigenvalue weighted by atomic mass is 31.0. The van der Waals surface area contributed by atoms with Gasteiger partial charge in [0, 0.05) is 29.2 Å². The van der Waals surface area contributed by atoms with Gasteiger partial charge >= 0.3 is 7.48 Å². The SMILES string of the molecule is CNc1cc(BOC(C)(C)C(C)(C)P)ccc1C(C)=N. The molecule has 0 aliphatic heterocycles. The molecule has 0 aromatic heterocycles. The first kappa shape index (κ1) is 17.2. The second-order valence-electron chi connectivity index (χ2n) is 6.28. The smallest absolute Gasteiger partial charge is 0.309 e. The lowest BCUT2D eigenvalue weighted by Gasteiger charge is -2.39. The van der Waals surface area contributed by atoms with Gasteiger partial charge in [-0.25, -0.2) is 0 Å². The van der Waals surface area contributed by atoms with Gasteiger partial charge in [0.15, 0.2) is 0 Å². The minimum atomic E-state index is -0.229. The number of nitrogens with one attached hydrogen (secondary N) is 2. The van der Waals surface area contributed by atoms with E-state index < -0.39 is 0 Å². The van der Waals surface area contributed by atoms with Crippen LogP contribution in [0.2, 0.25) is 0 Å². The number of hydrogen-bond acceptors (Lipinski definition) is 3. The Balaban J connectivity index is 2.88. The van der Waals surface area contributed by atoms with Gasteiger partial charge in [0.25, 0.3) is 0 Å². The molecule has 0 saturated carbocycles. The van der Waals surface area contributed by atoms with Crippen LogP contribution in [0.25, 0.3) is 0 Å². The topological polar surface area (TPSA) is 45.1 Å². The molecule has 110 valence electrons. The monoisotopic (exact) mass is 292 g/mol. The number of anilines is 1. The van der Waals surface area contributed by atoms with Gasteiger partial charge in [-0.2, -0.15) is 0 Å². The number of hydrogen-bond donors (Lipinski definition) is 2. The molecule has 0 heterocycles. The first-order chi connectivity index (χ1) is 9.08. The minimum Gasteiger partial charge on any atom is -0.429 e. The molecule has 5 heteroatoms. The molecule has 0 radical (unpaired) electrons. The highest BCUT2D eigenvalue weighted by molar-refractivity contribution is 7.19. The van der Waals surface area contributed by atoms with E-state index in [9.17, 15) is 0 Å². The average molecular weight is 292 g/mol. The van der Waals surface area contributed by atoms with E-state index in [1.807, 2.05) is 19.2 Å². The lowest BCUT2D eigenvalue weighted by Crippen LogP contribution is -2.45. The summed E-state index contributed by atoms with van der Waals surface area (Å²) in [5, 5.41) is 10.9. The van der Waals surface area contributed by atoms with Crippen molar-refractivity contribution in [1.82, 2.24) is 0 Å². The van der Waals surface area contributed by atoms with Crippen LogP contribution in [0.1, 0.15) is 40.2 Å². The molecule has 0 bridgehead atoms. The second kappa shape index (κ2) is 6.28. The zero-order valence-corrected chi connectivity index (χ0v) is 14.6. The summed E-state index contributed by atoms with van der Waals surface area (Å²) in [6.07, 6.45) is 0. The quantitative estimate of drug-likeness (QED) is 0.481. The van der Waals surface area contributed by atoms with Gasteiger partial charge in [-0.1, -0.05) is 31.4 Å². The molecule has 1 unspecified atom stereocenters. The Labute approximate surface area is 125 Å². The summed E-state index contributed by atoms with van der Waals surface area (Å²) in [5.74, 6) is 0. The van der Waals surface area contributed by atoms with Crippen molar-refractivity contribution in [3.8, 4) is 0 Å². The van der Waals surface area contributed by atoms with Crippen molar-refractivity contribution in [2.75, 3.05) is 12.4 Å². The zero-order valence-electron chi connectivity index (χ0n) is 13.4. The molecule has 0 fully saturated rings. The van der Waals surface area contributed by atoms with Crippen LogP contribution in [-0.2, 0) is 4.65 Å². The van der Waals surface area contributed by atoms with E-state index in [1.54, 1.807) is 6.92 Å². The summed E-state index contributed by atoms with van der Waals surface area (Å²) < 4.78 is 6.08. The van der Waals surface area contributed by atoms with Crippen LogP contribution in [-0.4, -0.2) is 31.0 Å². The van der Waals surface area contributed by atoms with Crippen LogP contribution < -0.4 is 10.8 Å². The Morgan fingerprint density at radius 2 is 1.90 bits per heavy atom. The molecule has 1 aromatic rings. The van der Waals surface area contributed by atoms with Crippen LogP contribution in [0.4, 0.5) is 5.69 Å². The molecule has 3 nitrogen and oxygen atoms in total. The molecular weight excluding hydrogens is 266 g/mol. The Hall–Kier alpha value is -0.855. The molecule has 1 rings (SSSR count). The fourth-order valence-corrected chi connectivity index (χ4v) is 1.75. The van der Waals surface area contributed by atoms with E-state index in [4.69, 9.17) is 10.1 Å². The van der Waals surface area contributed by atoms with Crippen molar-refractivity contribution >= 4 is 33.6 Å². The summed E-state index contributed by atoms with van der Waals surface area (Å²) in [5.41, 5.74) is 3.35. The number of rotatable bonds is 6. The van der Waals surface area contributed by atoms with E-state index >= 15 is 0 Å². The van der Waals surface area contributed by atoms with E-state index in [2.05, 4.69) is 48.3 Å². The third-order valence-electron chi connectivity index (χ3n) is 3.91. The van der Waals surface area contributed by atoms with Crippen LogP contribution in [0.15, 0.2) is 18.2 Å². The van der Waals surface area contributed by atoms with E-state index in [0.29, 0.717) is 13.2 Å². The minimum absolute atomic E-state index is 0.00429. The molecule has 0 amide bonds. The fourth-order valence-electron chi connectivity index (χ4n) is 1.66. The lowest BCUT2D eigenvalue weighted by molar-refractivity contribution is 0.0841. The van der Waals surface area contributed by atoms with Crippen LogP contribution >= 0.6 is 9.24 Å². The largest absolute Gasteiger partial charge is 0.429 e. The Bertz CT molecular complexity index is 495. The molecule has 1 aromatic carbocycles. The van der Waals surface area contributed by atoms with E-state index in [-0.39, 0.29) is 10.8 Å².